The minimum Gasteiger partial charge on any atom is -0.490 e. The van der Waals surface area contributed by atoms with Crippen molar-refractivity contribution in [3.05, 3.63) is 83.4 Å². The van der Waals surface area contributed by atoms with Gasteiger partial charge in [0.1, 0.15) is 17.4 Å². The number of ether oxygens (including phenoxy) is 1. The lowest BCUT2D eigenvalue weighted by Crippen LogP contribution is -2.58. The average Bonchev–Trinajstić information content (AvgIpc) is 3.04. The second-order valence-electron chi connectivity index (χ2n) is 12.1. The molecule has 44 heavy (non-hydrogen) atoms. The maximum absolute atomic E-state index is 14.7. The molecule has 0 saturated carbocycles. The quantitative estimate of drug-likeness (QED) is 0.350. The van der Waals surface area contributed by atoms with E-state index in [2.05, 4.69) is 10.2 Å². The Morgan fingerprint density at radius 1 is 0.864 bits per heavy atom. The summed E-state index contributed by atoms with van der Waals surface area (Å²) in [6.45, 7) is 12.3. The van der Waals surface area contributed by atoms with E-state index in [9.17, 15) is 18.4 Å². The first-order chi connectivity index (χ1) is 21.1. The molecule has 0 spiro atoms. The molecule has 1 N–H and O–H groups in total. The van der Waals surface area contributed by atoms with Crippen molar-refractivity contribution in [3.8, 4) is 16.9 Å². The van der Waals surface area contributed by atoms with Gasteiger partial charge in [-0.05, 0) is 73.4 Å². The predicted octanol–water partition coefficient (Wildman–Crippen LogP) is 5.84. The molecule has 2 aliphatic rings. The molecule has 2 fully saturated rings. The number of piperazine rings is 2. The largest absolute Gasteiger partial charge is 0.490 e. The Bertz CT molecular complexity index is 1470. The summed E-state index contributed by atoms with van der Waals surface area (Å²) in [6.07, 6.45) is 0.785. The van der Waals surface area contributed by atoms with Crippen LogP contribution in [0.2, 0.25) is 0 Å². The second kappa shape index (κ2) is 13.8. The van der Waals surface area contributed by atoms with Gasteiger partial charge in [0.05, 0.1) is 12.1 Å². The first-order valence-electron chi connectivity index (χ1n) is 15.6. The lowest BCUT2D eigenvalue weighted by molar-refractivity contribution is 0.0303. The first kappa shape index (κ1) is 31.4. The summed E-state index contributed by atoms with van der Waals surface area (Å²) in [5.74, 6) is -0.436. The molecule has 2 amide bonds. The molecule has 2 saturated heterocycles. The Labute approximate surface area is 258 Å². The first-order valence-corrected chi connectivity index (χ1v) is 15.6. The zero-order valence-electron chi connectivity index (χ0n) is 26.0. The van der Waals surface area contributed by atoms with Gasteiger partial charge in [-0.2, -0.15) is 0 Å². The molecule has 7 nitrogen and oxygen atoms in total. The fourth-order valence-electron chi connectivity index (χ4n) is 5.89. The summed E-state index contributed by atoms with van der Waals surface area (Å²) in [6, 6.07) is 15.9. The Morgan fingerprint density at radius 2 is 1.59 bits per heavy atom. The summed E-state index contributed by atoms with van der Waals surface area (Å²) < 4.78 is 34.5. The van der Waals surface area contributed by atoms with Gasteiger partial charge in [0.15, 0.2) is 0 Å². The molecule has 234 valence electrons. The molecule has 0 unspecified atom stereocenters. The Kier molecular flexibility index (Phi) is 9.84. The Hall–Kier alpha value is -3.98. The molecule has 9 heteroatoms. The molecule has 2 aliphatic heterocycles. The lowest BCUT2D eigenvalue weighted by atomic mass is 9.96. The summed E-state index contributed by atoms with van der Waals surface area (Å²) in [5.41, 5.74) is 3.00. The van der Waals surface area contributed by atoms with Crippen LogP contribution >= 0.6 is 0 Å². The van der Waals surface area contributed by atoms with E-state index >= 15 is 0 Å². The summed E-state index contributed by atoms with van der Waals surface area (Å²) in [4.78, 5) is 33.3. The van der Waals surface area contributed by atoms with E-state index in [1.807, 2.05) is 44.7 Å². The van der Waals surface area contributed by atoms with E-state index in [-0.39, 0.29) is 35.7 Å². The third kappa shape index (κ3) is 7.04. The number of rotatable bonds is 8. The highest BCUT2D eigenvalue weighted by Gasteiger charge is 2.35. The van der Waals surface area contributed by atoms with Crippen LogP contribution in [0, 0.1) is 17.6 Å². The summed E-state index contributed by atoms with van der Waals surface area (Å²) in [7, 11) is 0. The van der Waals surface area contributed by atoms with Crippen LogP contribution in [0.5, 0.6) is 5.75 Å². The lowest BCUT2D eigenvalue weighted by Gasteiger charge is -2.43. The van der Waals surface area contributed by atoms with E-state index < -0.39 is 5.82 Å². The third-order valence-electron chi connectivity index (χ3n) is 8.63. The highest BCUT2D eigenvalue weighted by Crippen LogP contribution is 2.33. The van der Waals surface area contributed by atoms with Crippen LogP contribution in [-0.4, -0.2) is 79.6 Å². The zero-order valence-corrected chi connectivity index (χ0v) is 26.0. The van der Waals surface area contributed by atoms with Gasteiger partial charge >= 0.3 is 0 Å². The van der Waals surface area contributed by atoms with E-state index in [1.54, 1.807) is 29.2 Å². The van der Waals surface area contributed by atoms with Crippen LogP contribution in [0.1, 0.15) is 54.8 Å². The SMILES string of the molecule is CC[C@@H](C)Oc1ccc(C(=O)N2CCN(C(=O)c3cc(F)cc(N4CCNCC4)c3)C[C@@H]2C(C)C)cc1-c1ccc(F)cc1. The fourth-order valence-corrected chi connectivity index (χ4v) is 5.89. The summed E-state index contributed by atoms with van der Waals surface area (Å²) >= 11 is 0. The van der Waals surface area contributed by atoms with Crippen LogP contribution in [0.4, 0.5) is 14.5 Å². The number of nitrogens with one attached hydrogen (secondary N) is 1. The third-order valence-corrected chi connectivity index (χ3v) is 8.63. The summed E-state index contributed by atoms with van der Waals surface area (Å²) in [5, 5.41) is 3.29. The van der Waals surface area contributed by atoms with Crippen LogP contribution in [0.3, 0.4) is 0 Å². The number of hydrogen-bond acceptors (Lipinski definition) is 5. The van der Waals surface area contributed by atoms with Gasteiger partial charge in [-0.3, -0.25) is 9.59 Å². The van der Waals surface area contributed by atoms with Crippen molar-refractivity contribution in [1.29, 1.82) is 0 Å². The molecule has 5 rings (SSSR count). The number of anilines is 1. The van der Waals surface area contributed by atoms with Crippen LogP contribution in [-0.2, 0) is 0 Å². The van der Waals surface area contributed by atoms with Crippen molar-refractivity contribution < 1.29 is 23.1 Å². The molecule has 2 heterocycles. The normalized spacial score (nSPS) is 18.0. The number of benzene rings is 3. The average molecular weight is 605 g/mol. The van der Waals surface area contributed by atoms with E-state index in [0.29, 0.717) is 42.2 Å². The van der Waals surface area contributed by atoms with E-state index in [4.69, 9.17) is 4.74 Å². The van der Waals surface area contributed by atoms with Crippen molar-refractivity contribution in [2.24, 2.45) is 5.92 Å². The molecule has 0 aliphatic carbocycles. The number of nitrogens with zero attached hydrogens (tertiary/aromatic N) is 3. The smallest absolute Gasteiger partial charge is 0.254 e. The van der Waals surface area contributed by atoms with Gasteiger partial charge in [-0.25, -0.2) is 8.78 Å². The van der Waals surface area contributed by atoms with Crippen molar-refractivity contribution in [2.75, 3.05) is 50.7 Å². The predicted molar refractivity (Wildman–Crippen MR) is 169 cm³/mol. The molecule has 0 aromatic heterocycles. The topological polar surface area (TPSA) is 65.1 Å². The maximum Gasteiger partial charge on any atom is 0.254 e. The van der Waals surface area contributed by atoms with Crippen molar-refractivity contribution in [3.63, 3.8) is 0 Å². The Balaban J connectivity index is 1.37. The molecule has 0 radical (unpaired) electrons. The van der Waals surface area contributed by atoms with E-state index in [1.165, 1.54) is 24.3 Å². The van der Waals surface area contributed by atoms with Gasteiger partial charge < -0.3 is 24.8 Å². The fraction of sp³-hybridized carbons (Fsp3) is 0.429. The molecular formula is C35H42F2N4O3. The molecule has 3 aromatic rings. The van der Waals surface area contributed by atoms with Crippen LogP contribution in [0.25, 0.3) is 11.1 Å². The van der Waals surface area contributed by atoms with Crippen molar-refractivity contribution in [1.82, 2.24) is 15.1 Å². The van der Waals surface area contributed by atoms with Gasteiger partial charge in [0, 0.05) is 68.2 Å². The minimum atomic E-state index is -0.434. The molecule has 0 bridgehead atoms. The van der Waals surface area contributed by atoms with Gasteiger partial charge in [-0.1, -0.05) is 32.9 Å². The van der Waals surface area contributed by atoms with Crippen LogP contribution in [0.15, 0.2) is 60.7 Å². The standard InChI is InChI=1S/C35H42F2N4O3/c1-5-24(4)44-33-11-8-26(20-31(33)25-6-9-28(36)10-7-25)35(43)41-17-16-40(22-32(41)23(2)3)34(42)27-18-29(37)21-30(19-27)39-14-12-38-13-15-39/h6-11,18-21,23-24,32,38H,5,12-17,22H2,1-4H3/t24-,32-/m1/s1. The van der Waals surface area contributed by atoms with E-state index in [0.717, 1.165) is 43.7 Å². The van der Waals surface area contributed by atoms with Gasteiger partial charge in [-0.15, -0.1) is 0 Å². The number of carbonyl (C=O) groups excluding carboxylic acids is 2. The zero-order chi connectivity index (χ0) is 31.4. The molecular weight excluding hydrogens is 562 g/mol. The molecule has 3 aromatic carbocycles. The van der Waals surface area contributed by atoms with Crippen molar-refractivity contribution >= 4 is 17.5 Å². The van der Waals surface area contributed by atoms with Crippen LogP contribution < -0.4 is 15.0 Å². The number of carbonyl (C=O) groups is 2. The minimum absolute atomic E-state index is 0.0299. The number of halogens is 2. The van der Waals surface area contributed by atoms with Gasteiger partial charge in [0.25, 0.3) is 11.8 Å². The van der Waals surface area contributed by atoms with Crippen molar-refractivity contribution in [2.45, 2.75) is 46.3 Å². The molecule has 2 atom stereocenters. The maximum atomic E-state index is 14.7. The Morgan fingerprint density at radius 3 is 2.27 bits per heavy atom. The number of amides is 2. The monoisotopic (exact) mass is 604 g/mol. The second-order valence-corrected chi connectivity index (χ2v) is 12.1. The highest BCUT2D eigenvalue weighted by molar-refractivity contribution is 5.98. The van der Waals surface area contributed by atoms with Gasteiger partial charge in [0.2, 0.25) is 0 Å². The number of hydrogen-bond donors (Lipinski definition) is 1. The highest BCUT2D eigenvalue weighted by atomic mass is 19.1.